The first-order chi connectivity index (χ1) is 9.31. The zero-order valence-corrected chi connectivity index (χ0v) is 12.3. The molecule has 0 spiro atoms. The molecule has 20 heavy (non-hydrogen) atoms. The number of rotatable bonds is 4. The predicted octanol–water partition coefficient (Wildman–Crippen LogP) is 2.05. The van der Waals surface area contributed by atoms with Crippen LogP contribution in [-0.2, 0) is 10.0 Å². The average molecular weight is 301 g/mol. The van der Waals surface area contributed by atoms with Crippen LogP contribution in [0.25, 0.3) is 0 Å². The van der Waals surface area contributed by atoms with Crippen molar-refractivity contribution in [3.63, 3.8) is 0 Å². The minimum absolute atomic E-state index is 0.0316. The van der Waals surface area contributed by atoms with E-state index in [1.165, 1.54) is 18.2 Å². The zero-order chi connectivity index (χ0) is 14.8. The average Bonchev–Trinajstić information content (AvgIpc) is 2.37. The van der Waals surface area contributed by atoms with Crippen molar-refractivity contribution in [3.05, 3.63) is 30.1 Å². The van der Waals surface area contributed by atoms with Gasteiger partial charge in [-0.15, -0.1) is 0 Å². The van der Waals surface area contributed by atoms with E-state index < -0.39 is 21.4 Å². The maximum Gasteiger partial charge on any atom is 0.240 e. The van der Waals surface area contributed by atoms with Gasteiger partial charge in [-0.3, -0.25) is 0 Å². The lowest BCUT2D eigenvalue weighted by Crippen LogP contribution is -2.45. The van der Waals surface area contributed by atoms with Gasteiger partial charge < -0.3 is 5.11 Å². The third kappa shape index (κ3) is 3.77. The molecule has 1 saturated carbocycles. The molecule has 2 atom stereocenters. The van der Waals surface area contributed by atoms with Crippen LogP contribution in [0.5, 0.6) is 0 Å². The molecule has 1 fully saturated rings. The first-order valence-corrected chi connectivity index (χ1v) is 8.27. The fraction of sp³-hybridized carbons (Fsp3) is 0.571. The van der Waals surface area contributed by atoms with Gasteiger partial charge in [0.1, 0.15) is 5.82 Å². The monoisotopic (exact) mass is 301 g/mol. The number of halogens is 1. The summed E-state index contributed by atoms with van der Waals surface area (Å²) in [7, 11) is -3.79. The molecule has 0 radical (unpaired) electrons. The summed E-state index contributed by atoms with van der Waals surface area (Å²) in [6.45, 7) is 2.02. The van der Waals surface area contributed by atoms with Gasteiger partial charge in [0, 0.05) is 6.54 Å². The molecule has 1 aromatic rings. The molecule has 0 heterocycles. The van der Waals surface area contributed by atoms with Crippen LogP contribution < -0.4 is 4.72 Å². The molecule has 2 rings (SSSR count). The minimum Gasteiger partial charge on any atom is -0.389 e. The molecule has 0 aliphatic heterocycles. The summed E-state index contributed by atoms with van der Waals surface area (Å²) in [4.78, 5) is -0.120. The van der Waals surface area contributed by atoms with Crippen molar-refractivity contribution in [2.45, 2.75) is 43.1 Å². The summed E-state index contributed by atoms with van der Waals surface area (Å²) in [5.74, 6) is -0.217. The molecule has 0 bridgehead atoms. The van der Waals surface area contributed by atoms with Crippen LogP contribution in [-0.4, -0.2) is 25.7 Å². The van der Waals surface area contributed by atoms with E-state index in [0.717, 1.165) is 18.9 Å². The summed E-state index contributed by atoms with van der Waals surface area (Å²) in [5.41, 5.74) is -1.00. The fourth-order valence-electron chi connectivity index (χ4n) is 2.74. The van der Waals surface area contributed by atoms with Crippen LogP contribution >= 0.6 is 0 Å². The Morgan fingerprint density at radius 2 is 2.25 bits per heavy atom. The summed E-state index contributed by atoms with van der Waals surface area (Å²) >= 11 is 0. The van der Waals surface area contributed by atoms with Crippen LogP contribution in [0.3, 0.4) is 0 Å². The van der Waals surface area contributed by atoms with Crippen molar-refractivity contribution in [2.75, 3.05) is 6.54 Å². The molecule has 1 aliphatic rings. The van der Waals surface area contributed by atoms with Crippen molar-refractivity contribution in [1.29, 1.82) is 0 Å². The Bertz CT molecular complexity index is 576. The van der Waals surface area contributed by atoms with Gasteiger partial charge in [-0.25, -0.2) is 17.5 Å². The lowest BCUT2D eigenvalue weighted by molar-refractivity contribution is -0.00751. The third-order valence-corrected chi connectivity index (χ3v) is 5.16. The Morgan fingerprint density at radius 1 is 1.50 bits per heavy atom. The Hall–Kier alpha value is -0.980. The van der Waals surface area contributed by atoms with Crippen molar-refractivity contribution < 1.29 is 17.9 Å². The molecule has 2 unspecified atom stereocenters. The SMILES string of the molecule is CC1CCCC(O)(CNS(=O)(=O)c2cccc(F)c2)C1. The van der Waals surface area contributed by atoms with Gasteiger partial charge in [-0.05, 0) is 37.0 Å². The molecule has 0 aromatic heterocycles. The van der Waals surface area contributed by atoms with Crippen LogP contribution in [0.4, 0.5) is 4.39 Å². The molecule has 4 nitrogen and oxygen atoms in total. The lowest BCUT2D eigenvalue weighted by atomic mass is 9.79. The highest BCUT2D eigenvalue weighted by Crippen LogP contribution is 2.31. The van der Waals surface area contributed by atoms with Crippen molar-refractivity contribution in [3.8, 4) is 0 Å². The topological polar surface area (TPSA) is 66.4 Å². The number of nitrogens with one attached hydrogen (secondary N) is 1. The highest BCUT2D eigenvalue weighted by Gasteiger charge is 2.33. The normalized spacial score (nSPS) is 27.4. The molecule has 0 saturated heterocycles. The van der Waals surface area contributed by atoms with E-state index in [2.05, 4.69) is 4.72 Å². The van der Waals surface area contributed by atoms with Gasteiger partial charge in [0.15, 0.2) is 0 Å². The van der Waals surface area contributed by atoms with E-state index in [4.69, 9.17) is 0 Å². The molecule has 112 valence electrons. The van der Waals surface area contributed by atoms with E-state index in [1.54, 1.807) is 0 Å². The molecular weight excluding hydrogens is 281 g/mol. The molecule has 1 aromatic carbocycles. The lowest BCUT2D eigenvalue weighted by Gasteiger charge is -2.35. The van der Waals surface area contributed by atoms with E-state index in [-0.39, 0.29) is 11.4 Å². The molecule has 2 N–H and O–H groups in total. The van der Waals surface area contributed by atoms with Crippen LogP contribution in [0.2, 0.25) is 0 Å². The number of hydrogen-bond donors (Lipinski definition) is 2. The van der Waals surface area contributed by atoms with Gasteiger partial charge in [0.2, 0.25) is 10.0 Å². The number of benzene rings is 1. The smallest absolute Gasteiger partial charge is 0.240 e. The Kier molecular flexibility index (Phi) is 4.46. The molecule has 1 aliphatic carbocycles. The molecule has 0 amide bonds. The van der Waals surface area contributed by atoms with E-state index >= 15 is 0 Å². The number of sulfonamides is 1. The van der Waals surface area contributed by atoms with Gasteiger partial charge in [0.25, 0.3) is 0 Å². The summed E-state index contributed by atoms with van der Waals surface area (Å²) in [5, 5.41) is 10.4. The second-order valence-corrected chi connectivity index (χ2v) is 7.47. The quantitative estimate of drug-likeness (QED) is 0.894. The predicted molar refractivity (Wildman–Crippen MR) is 74.2 cm³/mol. The maximum atomic E-state index is 13.1. The molecule has 6 heteroatoms. The standard InChI is InChI=1S/C14H20FNO3S/c1-11-4-3-7-14(17,9-11)10-16-20(18,19)13-6-2-5-12(15)8-13/h2,5-6,8,11,16-17H,3-4,7,9-10H2,1H3. The summed E-state index contributed by atoms with van der Waals surface area (Å²) in [6.07, 6.45) is 3.11. The van der Waals surface area contributed by atoms with E-state index in [0.29, 0.717) is 18.8 Å². The van der Waals surface area contributed by atoms with Gasteiger partial charge in [-0.1, -0.05) is 25.8 Å². The summed E-state index contributed by atoms with van der Waals surface area (Å²) < 4.78 is 39.6. The van der Waals surface area contributed by atoms with Crippen molar-refractivity contribution >= 4 is 10.0 Å². The van der Waals surface area contributed by atoms with E-state index in [9.17, 15) is 17.9 Å². The third-order valence-electron chi connectivity index (χ3n) is 3.77. The second-order valence-electron chi connectivity index (χ2n) is 5.71. The fourth-order valence-corrected chi connectivity index (χ4v) is 3.89. The number of hydrogen-bond acceptors (Lipinski definition) is 3. The second kappa shape index (κ2) is 5.79. The van der Waals surface area contributed by atoms with Crippen molar-refractivity contribution in [2.24, 2.45) is 5.92 Å². The maximum absolute atomic E-state index is 13.1. The Labute approximate surface area is 119 Å². The van der Waals surface area contributed by atoms with Crippen molar-refractivity contribution in [1.82, 2.24) is 4.72 Å². The first-order valence-electron chi connectivity index (χ1n) is 6.78. The van der Waals surface area contributed by atoms with E-state index in [1.807, 2.05) is 6.92 Å². The highest BCUT2D eigenvalue weighted by molar-refractivity contribution is 7.89. The summed E-state index contributed by atoms with van der Waals surface area (Å²) in [6, 6.07) is 4.84. The molecular formula is C14H20FNO3S. The van der Waals surface area contributed by atoms with Crippen LogP contribution in [0.1, 0.15) is 32.6 Å². The first kappa shape index (κ1) is 15.4. The highest BCUT2D eigenvalue weighted by atomic mass is 32.2. The Morgan fingerprint density at radius 3 is 2.90 bits per heavy atom. The number of aliphatic hydroxyl groups is 1. The Balaban J connectivity index is 2.06. The zero-order valence-electron chi connectivity index (χ0n) is 11.5. The van der Waals surface area contributed by atoms with Gasteiger partial charge in [0.05, 0.1) is 10.5 Å². The van der Waals surface area contributed by atoms with Crippen LogP contribution in [0, 0.1) is 11.7 Å². The largest absolute Gasteiger partial charge is 0.389 e. The van der Waals surface area contributed by atoms with Gasteiger partial charge >= 0.3 is 0 Å². The van der Waals surface area contributed by atoms with Crippen LogP contribution in [0.15, 0.2) is 29.2 Å². The van der Waals surface area contributed by atoms with Gasteiger partial charge in [-0.2, -0.15) is 0 Å². The minimum atomic E-state index is -3.79.